The highest BCUT2D eigenvalue weighted by Gasteiger charge is 2.28. The number of carbonyl (C=O) groups excluding carboxylic acids is 1. The third-order valence-corrected chi connectivity index (χ3v) is 4.80. The lowest BCUT2D eigenvalue weighted by Gasteiger charge is -2.28. The number of carbonyl (C=O) groups is 1. The molecule has 0 aromatic carbocycles. The molecule has 1 atom stereocenters. The summed E-state index contributed by atoms with van der Waals surface area (Å²) in [5, 5.41) is 0. The summed E-state index contributed by atoms with van der Waals surface area (Å²) in [5.74, 6) is 4.13. The van der Waals surface area contributed by atoms with E-state index in [4.69, 9.17) is 0 Å². The minimum atomic E-state index is 0.324. The Balaban J connectivity index is 1.71. The molecule has 0 aliphatic carbocycles. The van der Waals surface area contributed by atoms with Crippen molar-refractivity contribution >= 4 is 30.3 Å². The lowest BCUT2D eigenvalue weighted by molar-refractivity contribution is -0.127. The Kier molecular flexibility index (Phi) is 4.85. The molecular weight excluding hydrogens is 240 g/mol. The summed E-state index contributed by atoms with van der Waals surface area (Å²) in [7, 11) is 0. The van der Waals surface area contributed by atoms with Crippen molar-refractivity contribution in [1.82, 2.24) is 9.80 Å². The topological polar surface area (TPSA) is 23.6 Å². The van der Waals surface area contributed by atoms with E-state index in [2.05, 4.69) is 17.5 Å². The van der Waals surface area contributed by atoms with Gasteiger partial charge in [-0.05, 0) is 11.7 Å². The number of hydrogen-bond acceptors (Lipinski definition) is 4. The average molecular weight is 260 g/mol. The van der Waals surface area contributed by atoms with Crippen LogP contribution in [-0.4, -0.2) is 65.7 Å². The molecule has 1 amide bonds. The van der Waals surface area contributed by atoms with E-state index in [9.17, 15) is 4.79 Å². The largest absolute Gasteiger partial charge is 0.341 e. The van der Waals surface area contributed by atoms with E-state index in [0.29, 0.717) is 18.2 Å². The molecule has 2 fully saturated rings. The molecule has 2 aliphatic heterocycles. The Morgan fingerprint density at radius 2 is 2.06 bits per heavy atom. The highest BCUT2D eigenvalue weighted by Crippen LogP contribution is 2.18. The highest BCUT2D eigenvalue weighted by atomic mass is 32.2. The smallest absolute Gasteiger partial charge is 0.222 e. The number of thioether (sulfide) groups is 1. The molecule has 1 unspecified atom stereocenters. The highest BCUT2D eigenvalue weighted by molar-refractivity contribution is 7.99. The first kappa shape index (κ1) is 12.6. The normalized spacial score (nSPS) is 27.7. The van der Waals surface area contributed by atoms with Crippen molar-refractivity contribution in [3.63, 3.8) is 0 Å². The van der Waals surface area contributed by atoms with Crippen LogP contribution in [0.2, 0.25) is 0 Å². The quantitative estimate of drug-likeness (QED) is 0.757. The van der Waals surface area contributed by atoms with Crippen LogP contribution in [0.15, 0.2) is 0 Å². The third-order valence-electron chi connectivity index (χ3n) is 3.34. The number of likely N-dealkylation sites (tertiary alicyclic amines) is 1. The maximum Gasteiger partial charge on any atom is 0.222 e. The van der Waals surface area contributed by atoms with E-state index in [-0.39, 0.29) is 0 Å². The molecule has 0 saturated carbocycles. The molecule has 16 heavy (non-hydrogen) atoms. The zero-order valence-corrected chi connectivity index (χ0v) is 11.3. The fourth-order valence-corrected chi connectivity index (χ4v) is 3.50. The van der Waals surface area contributed by atoms with Gasteiger partial charge in [0.15, 0.2) is 0 Å². The van der Waals surface area contributed by atoms with Gasteiger partial charge in [0.05, 0.1) is 0 Å². The van der Waals surface area contributed by atoms with Crippen LogP contribution in [0, 0.1) is 5.92 Å². The Labute approximate surface area is 107 Å². The number of thiol groups is 1. The molecule has 2 aliphatic rings. The Bertz CT molecular complexity index is 244. The lowest BCUT2D eigenvalue weighted by Crippen LogP contribution is -2.39. The predicted octanol–water partition coefficient (Wildman–Crippen LogP) is 0.814. The Morgan fingerprint density at radius 3 is 2.69 bits per heavy atom. The average Bonchev–Trinajstić information content (AvgIpc) is 2.69. The third kappa shape index (κ3) is 3.31. The van der Waals surface area contributed by atoms with Crippen LogP contribution in [-0.2, 0) is 4.79 Å². The lowest BCUT2D eigenvalue weighted by atomic mass is 10.1. The van der Waals surface area contributed by atoms with Gasteiger partial charge >= 0.3 is 0 Å². The minimum absolute atomic E-state index is 0.324. The van der Waals surface area contributed by atoms with E-state index in [1.165, 1.54) is 24.6 Å². The number of rotatable bonds is 4. The molecule has 0 N–H and O–H groups in total. The van der Waals surface area contributed by atoms with Crippen molar-refractivity contribution in [2.45, 2.75) is 6.42 Å². The van der Waals surface area contributed by atoms with Crippen molar-refractivity contribution in [3.8, 4) is 0 Å². The second-order valence-corrected chi connectivity index (χ2v) is 6.14. The van der Waals surface area contributed by atoms with Gasteiger partial charge in [-0.15, -0.1) is 0 Å². The zero-order valence-electron chi connectivity index (χ0n) is 9.60. The van der Waals surface area contributed by atoms with E-state index in [1.807, 2.05) is 16.7 Å². The molecular formula is C11H20N2OS2. The van der Waals surface area contributed by atoms with Gasteiger partial charge in [0.1, 0.15) is 0 Å². The summed E-state index contributed by atoms with van der Waals surface area (Å²) in [6.07, 6.45) is 0.708. The molecule has 0 spiro atoms. The molecule has 2 saturated heterocycles. The first-order chi connectivity index (χ1) is 7.79. The van der Waals surface area contributed by atoms with Gasteiger partial charge in [0, 0.05) is 50.7 Å². The van der Waals surface area contributed by atoms with Gasteiger partial charge in [0.25, 0.3) is 0 Å². The minimum Gasteiger partial charge on any atom is -0.341 e. The van der Waals surface area contributed by atoms with Gasteiger partial charge in [-0.1, -0.05) is 0 Å². The molecule has 2 heterocycles. The van der Waals surface area contributed by atoms with E-state index >= 15 is 0 Å². The monoisotopic (exact) mass is 260 g/mol. The van der Waals surface area contributed by atoms with Crippen molar-refractivity contribution < 1.29 is 4.79 Å². The van der Waals surface area contributed by atoms with Gasteiger partial charge in [-0.3, -0.25) is 9.69 Å². The summed E-state index contributed by atoms with van der Waals surface area (Å²) >= 11 is 6.30. The summed E-state index contributed by atoms with van der Waals surface area (Å²) in [6, 6.07) is 0. The summed E-state index contributed by atoms with van der Waals surface area (Å²) in [4.78, 5) is 16.2. The van der Waals surface area contributed by atoms with Gasteiger partial charge < -0.3 is 4.90 Å². The molecule has 0 aromatic rings. The fraction of sp³-hybridized carbons (Fsp3) is 0.909. The maximum atomic E-state index is 11.7. The summed E-state index contributed by atoms with van der Waals surface area (Å²) in [6.45, 7) is 5.25. The number of nitrogens with zero attached hydrogens (tertiary/aromatic N) is 2. The zero-order chi connectivity index (χ0) is 11.4. The number of hydrogen-bond donors (Lipinski definition) is 1. The van der Waals surface area contributed by atoms with Crippen LogP contribution in [0.25, 0.3) is 0 Å². The summed E-state index contributed by atoms with van der Waals surface area (Å²) in [5.41, 5.74) is 0. The van der Waals surface area contributed by atoms with Crippen LogP contribution < -0.4 is 0 Å². The maximum absolute atomic E-state index is 11.7. The summed E-state index contributed by atoms with van der Waals surface area (Å²) < 4.78 is 0. The Morgan fingerprint density at radius 1 is 1.31 bits per heavy atom. The van der Waals surface area contributed by atoms with Crippen LogP contribution in [0.5, 0.6) is 0 Å². The molecule has 5 heteroatoms. The van der Waals surface area contributed by atoms with Crippen LogP contribution >= 0.6 is 24.4 Å². The van der Waals surface area contributed by atoms with Gasteiger partial charge in [-0.2, -0.15) is 24.4 Å². The van der Waals surface area contributed by atoms with Gasteiger partial charge in [-0.25, -0.2) is 0 Å². The van der Waals surface area contributed by atoms with Gasteiger partial charge in [0.2, 0.25) is 5.91 Å². The van der Waals surface area contributed by atoms with E-state index in [1.54, 1.807) is 0 Å². The second-order valence-electron chi connectivity index (χ2n) is 4.55. The van der Waals surface area contributed by atoms with Crippen molar-refractivity contribution in [2.24, 2.45) is 5.92 Å². The van der Waals surface area contributed by atoms with Crippen molar-refractivity contribution in [1.29, 1.82) is 0 Å². The van der Waals surface area contributed by atoms with Crippen LogP contribution in [0.1, 0.15) is 6.42 Å². The first-order valence-electron chi connectivity index (χ1n) is 5.98. The molecule has 2 rings (SSSR count). The number of amides is 1. The SMILES string of the molecule is O=C1CC(CS)CN1CCN1CCSCC1. The molecule has 92 valence electrons. The predicted molar refractivity (Wildman–Crippen MR) is 72.3 cm³/mol. The second kappa shape index (κ2) is 6.17. The molecule has 0 radical (unpaired) electrons. The molecule has 0 bridgehead atoms. The molecule has 3 nitrogen and oxygen atoms in total. The van der Waals surface area contributed by atoms with Crippen LogP contribution in [0.3, 0.4) is 0 Å². The Hall–Kier alpha value is 0.130. The fourth-order valence-electron chi connectivity index (χ4n) is 2.28. The standard InChI is InChI=1S/C11H20N2OS2/c14-11-7-10(9-15)8-13(11)2-1-12-3-5-16-6-4-12/h10,15H,1-9H2. The first-order valence-corrected chi connectivity index (χ1v) is 7.77. The van der Waals surface area contributed by atoms with Crippen molar-refractivity contribution in [3.05, 3.63) is 0 Å². The van der Waals surface area contributed by atoms with Crippen LogP contribution in [0.4, 0.5) is 0 Å². The van der Waals surface area contributed by atoms with Crippen molar-refractivity contribution in [2.75, 3.05) is 50.0 Å². The van der Waals surface area contributed by atoms with E-state index < -0.39 is 0 Å². The van der Waals surface area contributed by atoms with E-state index in [0.717, 1.165) is 25.4 Å². The molecule has 0 aromatic heterocycles.